The van der Waals surface area contributed by atoms with E-state index in [1.54, 1.807) is 0 Å². The lowest BCUT2D eigenvalue weighted by Gasteiger charge is -2.21. The summed E-state index contributed by atoms with van der Waals surface area (Å²) in [4.78, 5) is 73.4. The van der Waals surface area contributed by atoms with Crippen LogP contribution in [0.4, 0.5) is 0 Å². The Hall–Kier alpha value is -1.94. The number of ether oxygens (including phenoxy) is 4. The number of carbonyl (C=O) groups is 4. The SMILES string of the molecule is CCCCCCCCCCCCCCCC(=O)OC[C@H](COP(=O)(O)OC[C@H](O)COP(=O)(O)OC[C@@H](COC(=O)CCCCCCCCCCCCCCCCCCC(C)C)OC(=O)CCCCCCCCCCCCCCCCCCCCC(C)C)OC(=O)CCCCCCCCCCCCCCCCC(C)C. The molecule has 0 fully saturated rings. The second kappa shape index (κ2) is 80.8. The highest BCUT2D eigenvalue weighted by Gasteiger charge is 2.31. The monoisotopic (exact) mass is 1610 g/mol. The largest absolute Gasteiger partial charge is 0.472 e. The predicted molar refractivity (Wildman–Crippen MR) is 455 cm³/mol. The average molecular weight is 1610 g/mol. The van der Waals surface area contributed by atoms with Gasteiger partial charge in [0.25, 0.3) is 0 Å². The minimum absolute atomic E-state index is 0.108. The Morgan fingerprint density at radius 2 is 0.418 bits per heavy atom. The van der Waals surface area contributed by atoms with Gasteiger partial charge in [-0.2, -0.15) is 0 Å². The molecule has 19 heteroatoms. The van der Waals surface area contributed by atoms with E-state index >= 15 is 0 Å². The molecular weight excluding hydrogens is 1430 g/mol. The van der Waals surface area contributed by atoms with Crippen molar-refractivity contribution < 1.29 is 80.2 Å². The molecule has 110 heavy (non-hydrogen) atoms. The normalized spacial score (nSPS) is 13.8. The second-order valence-corrected chi connectivity index (χ2v) is 37.0. The molecule has 5 atom stereocenters. The van der Waals surface area contributed by atoms with Gasteiger partial charge in [0.2, 0.25) is 0 Å². The molecule has 0 spiro atoms. The third-order valence-corrected chi connectivity index (χ3v) is 23.3. The van der Waals surface area contributed by atoms with E-state index in [9.17, 15) is 43.2 Å². The van der Waals surface area contributed by atoms with Gasteiger partial charge in [0.1, 0.15) is 19.3 Å². The summed E-state index contributed by atoms with van der Waals surface area (Å²) in [5.74, 6) is 0.332. The van der Waals surface area contributed by atoms with E-state index < -0.39 is 97.5 Å². The highest BCUT2D eigenvalue weighted by atomic mass is 31.2. The van der Waals surface area contributed by atoms with Crippen LogP contribution in [0.5, 0.6) is 0 Å². The van der Waals surface area contributed by atoms with Gasteiger partial charge in [0.15, 0.2) is 12.2 Å². The Morgan fingerprint density at radius 3 is 0.618 bits per heavy atom. The molecule has 0 rings (SSSR count). The number of hydrogen-bond donors (Lipinski definition) is 3. The van der Waals surface area contributed by atoms with E-state index in [2.05, 4.69) is 48.5 Å². The minimum atomic E-state index is -4.97. The van der Waals surface area contributed by atoms with Crippen molar-refractivity contribution in [2.45, 2.75) is 503 Å². The van der Waals surface area contributed by atoms with E-state index in [-0.39, 0.29) is 25.7 Å². The summed E-state index contributed by atoms with van der Waals surface area (Å²) in [6, 6.07) is 0. The number of unbranched alkanes of at least 4 members (excludes halogenated alkanes) is 57. The summed E-state index contributed by atoms with van der Waals surface area (Å²) in [6.45, 7) is 12.1. The van der Waals surface area contributed by atoms with Crippen LogP contribution in [0.15, 0.2) is 0 Å². The summed E-state index contributed by atoms with van der Waals surface area (Å²) >= 11 is 0. The lowest BCUT2D eigenvalue weighted by Crippen LogP contribution is -2.30. The van der Waals surface area contributed by atoms with Crippen LogP contribution in [-0.2, 0) is 65.4 Å². The van der Waals surface area contributed by atoms with E-state index in [0.29, 0.717) is 25.7 Å². The third-order valence-electron chi connectivity index (χ3n) is 21.4. The summed E-state index contributed by atoms with van der Waals surface area (Å²) in [5.41, 5.74) is 0. The highest BCUT2D eigenvalue weighted by molar-refractivity contribution is 7.47. The number of phosphoric acid groups is 2. The van der Waals surface area contributed by atoms with Crippen molar-refractivity contribution in [1.82, 2.24) is 0 Å². The molecule has 0 aliphatic carbocycles. The Bertz CT molecular complexity index is 2110. The fourth-order valence-electron chi connectivity index (χ4n) is 14.3. The zero-order chi connectivity index (χ0) is 80.8. The topological polar surface area (TPSA) is 237 Å². The van der Waals surface area contributed by atoms with Gasteiger partial charge in [0.05, 0.1) is 26.4 Å². The molecule has 0 aromatic rings. The second-order valence-electron chi connectivity index (χ2n) is 34.1. The number of phosphoric ester groups is 2. The molecule has 2 unspecified atom stereocenters. The smallest absolute Gasteiger partial charge is 0.462 e. The molecule has 0 heterocycles. The number of hydrogen-bond acceptors (Lipinski definition) is 15. The summed E-state index contributed by atoms with van der Waals surface area (Å²) in [7, 11) is -9.94. The molecule has 3 N–H and O–H groups in total. The molecular formula is C91H178O17P2. The van der Waals surface area contributed by atoms with Crippen LogP contribution in [0.2, 0.25) is 0 Å². The minimum Gasteiger partial charge on any atom is -0.462 e. The Kier molecular flexibility index (Phi) is 79.4. The van der Waals surface area contributed by atoms with Crippen LogP contribution in [0.25, 0.3) is 0 Å². The number of aliphatic hydroxyl groups is 1. The molecule has 0 bridgehead atoms. The highest BCUT2D eigenvalue weighted by Crippen LogP contribution is 2.45. The van der Waals surface area contributed by atoms with Crippen molar-refractivity contribution >= 4 is 39.5 Å². The number of rotatable bonds is 89. The lowest BCUT2D eigenvalue weighted by atomic mass is 10.0. The van der Waals surface area contributed by atoms with Crippen molar-refractivity contribution in [2.75, 3.05) is 39.6 Å². The molecule has 0 aromatic heterocycles. The summed E-state index contributed by atoms with van der Waals surface area (Å²) < 4.78 is 69.1. The zero-order valence-electron chi connectivity index (χ0n) is 72.7. The van der Waals surface area contributed by atoms with Crippen molar-refractivity contribution in [3.8, 4) is 0 Å². The van der Waals surface area contributed by atoms with E-state index in [1.165, 1.54) is 295 Å². The maximum absolute atomic E-state index is 13.2. The molecule has 0 aliphatic rings. The first-order chi connectivity index (χ1) is 53.2. The first kappa shape index (κ1) is 108. The molecule has 0 saturated heterocycles. The van der Waals surface area contributed by atoms with Crippen LogP contribution in [-0.4, -0.2) is 96.7 Å². The molecule has 0 aliphatic heterocycles. The van der Waals surface area contributed by atoms with Crippen molar-refractivity contribution in [3.63, 3.8) is 0 Å². The molecule has 0 saturated carbocycles. The first-order valence-corrected chi connectivity index (χ1v) is 49.8. The molecule has 0 aromatic carbocycles. The first-order valence-electron chi connectivity index (χ1n) is 46.8. The standard InChI is InChI=1S/C91H178O17P2/c1-8-9-10-11-12-13-14-27-37-44-51-58-65-72-88(93)101-78-86(108-91(96)75-68-61-54-47-40-33-26-25-30-36-43-50-57-64-71-84(6)7)80-105-109(97,98)103-76-85(92)77-104-110(99,100)106-81-87(79-102-89(94)73-66-59-52-45-38-31-23-20-19-22-29-35-42-49-56-63-70-83(4)5)107-90(95)74-67-60-53-46-39-32-24-18-16-15-17-21-28-34-41-48-55-62-69-82(2)3/h82-87,92H,8-81H2,1-7H3,(H,97,98)(H,99,100)/t85-,86+,87+/m0/s1. The van der Waals surface area contributed by atoms with E-state index in [4.69, 9.17) is 37.0 Å². The molecule has 654 valence electrons. The fourth-order valence-corrected chi connectivity index (χ4v) is 15.8. The third kappa shape index (κ3) is 84.0. The number of esters is 4. The van der Waals surface area contributed by atoms with Crippen LogP contribution < -0.4 is 0 Å². The maximum atomic E-state index is 13.2. The average Bonchev–Trinajstić information content (AvgIpc) is 0.899. The Morgan fingerprint density at radius 1 is 0.245 bits per heavy atom. The maximum Gasteiger partial charge on any atom is 0.472 e. The Labute approximate surface area is 677 Å². The number of aliphatic hydroxyl groups excluding tert-OH is 1. The van der Waals surface area contributed by atoms with Gasteiger partial charge in [-0.25, -0.2) is 9.13 Å². The van der Waals surface area contributed by atoms with Crippen molar-refractivity contribution in [2.24, 2.45) is 17.8 Å². The van der Waals surface area contributed by atoms with Gasteiger partial charge in [-0.05, 0) is 43.4 Å². The van der Waals surface area contributed by atoms with Gasteiger partial charge in [-0.1, -0.05) is 434 Å². The quantitative estimate of drug-likeness (QED) is 0.0222. The van der Waals surface area contributed by atoms with Gasteiger partial charge in [0, 0.05) is 25.7 Å². The van der Waals surface area contributed by atoms with E-state index in [0.717, 1.165) is 108 Å². The summed E-state index contributed by atoms with van der Waals surface area (Å²) in [6.07, 6.45) is 73.5. The lowest BCUT2D eigenvalue weighted by molar-refractivity contribution is -0.161. The van der Waals surface area contributed by atoms with Crippen molar-refractivity contribution in [3.05, 3.63) is 0 Å². The van der Waals surface area contributed by atoms with Crippen molar-refractivity contribution in [1.29, 1.82) is 0 Å². The van der Waals surface area contributed by atoms with Gasteiger partial charge in [-0.15, -0.1) is 0 Å². The van der Waals surface area contributed by atoms with E-state index in [1.807, 2.05) is 0 Å². The van der Waals surface area contributed by atoms with Crippen LogP contribution in [0, 0.1) is 17.8 Å². The van der Waals surface area contributed by atoms with Crippen LogP contribution in [0.3, 0.4) is 0 Å². The van der Waals surface area contributed by atoms with Gasteiger partial charge in [-0.3, -0.25) is 37.3 Å². The molecule has 0 amide bonds. The predicted octanol–water partition coefficient (Wildman–Crippen LogP) is 28.0. The summed E-state index contributed by atoms with van der Waals surface area (Å²) in [5, 5.41) is 10.7. The molecule has 0 radical (unpaired) electrons. The fraction of sp³-hybridized carbons (Fsp3) is 0.956. The van der Waals surface area contributed by atoms with Crippen LogP contribution >= 0.6 is 15.6 Å². The number of carbonyl (C=O) groups excluding carboxylic acids is 4. The van der Waals surface area contributed by atoms with Gasteiger partial charge < -0.3 is 33.8 Å². The zero-order valence-corrected chi connectivity index (χ0v) is 74.5. The Balaban J connectivity index is 5.26. The van der Waals surface area contributed by atoms with Crippen LogP contribution in [0.1, 0.15) is 485 Å². The van der Waals surface area contributed by atoms with Gasteiger partial charge >= 0.3 is 39.5 Å². The molecule has 17 nitrogen and oxygen atoms in total.